The fourth-order valence-electron chi connectivity index (χ4n) is 2.87. The topological polar surface area (TPSA) is 123 Å². The predicted molar refractivity (Wildman–Crippen MR) is 90.6 cm³/mol. The van der Waals surface area contributed by atoms with Gasteiger partial charge in [-0.3, -0.25) is 14.4 Å². The van der Waals surface area contributed by atoms with Gasteiger partial charge in [0.25, 0.3) is 0 Å². The van der Waals surface area contributed by atoms with E-state index < -0.39 is 42.5 Å². The molecule has 1 saturated heterocycles. The third-order valence-corrected chi connectivity index (χ3v) is 4.30. The summed E-state index contributed by atoms with van der Waals surface area (Å²) >= 11 is 0. The number of aromatic amines is 1. The Labute approximate surface area is 144 Å². The zero-order valence-corrected chi connectivity index (χ0v) is 13.7. The highest BCUT2D eigenvalue weighted by Gasteiger charge is 2.32. The lowest BCUT2D eigenvalue weighted by Crippen LogP contribution is -2.52. The average molecular weight is 344 g/mol. The van der Waals surface area contributed by atoms with E-state index in [4.69, 9.17) is 0 Å². The minimum Gasteiger partial charge on any atom is -0.394 e. The Morgan fingerprint density at radius 1 is 0.960 bits per heavy atom. The fraction of sp³-hybridized carbons (Fsp3) is 0.353. The van der Waals surface area contributed by atoms with Crippen LogP contribution in [0.1, 0.15) is 12.5 Å². The summed E-state index contributed by atoms with van der Waals surface area (Å²) in [7, 11) is 0. The molecule has 2 heterocycles. The van der Waals surface area contributed by atoms with Crippen LogP contribution in [0.15, 0.2) is 30.5 Å². The van der Waals surface area contributed by atoms with Crippen molar-refractivity contribution in [2.75, 3.05) is 6.61 Å². The second-order valence-corrected chi connectivity index (χ2v) is 6.10. The molecule has 1 aromatic carbocycles. The molecule has 5 N–H and O–H groups in total. The normalized spacial score (nSPS) is 24.7. The maximum absolute atomic E-state index is 12.5. The SMILES string of the molecule is CC1NC(=O)C(CO)NC(=O)C(Cc2c[nH]c3ccccc23)NC1=O. The lowest BCUT2D eigenvalue weighted by molar-refractivity contribution is -0.130. The highest BCUT2D eigenvalue weighted by atomic mass is 16.3. The molecule has 0 aliphatic carbocycles. The number of nitrogens with one attached hydrogen (secondary N) is 4. The average Bonchev–Trinajstić information content (AvgIpc) is 3.01. The Bertz CT molecular complexity index is 816. The molecule has 3 atom stereocenters. The third kappa shape index (κ3) is 3.48. The first-order chi connectivity index (χ1) is 12.0. The van der Waals surface area contributed by atoms with Crippen LogP contribution in [0.2, 0.25) is 0 Å². The lowest BCUT2D eigenvalue weighted by Gasteiger charge is -2.19. The number of carbonyl (C=O) groups is 3. The molecule has 3 unspecified atom stereocenters. The Kier molecular flexibility index (Phi) is 4.71. The monoisotopic (exact) mass is 344 g/mol. The van der Waals surface area contributed by atoms with Gasteiger partial charge in [-0.2, -0.15) is 0 Å². The number of hydrogen-bond donors (Lipinski definition) is 5. The molecule has 132 valence electrons. The van der Waals surface area contributed by atoms with Gasteiger partial charge in [0.1, 0.15) is 18.1 Å². The Morgan fingerprint density at radius 3 is 2.40 bits per heavy atom. The molecule has 0 saturated carbocycles. The van der Waals surface area contributed by atoms with Crippen LogP contribution in [-0.2, 0) is 20.8 Å². The number of para-hydroxylation sites is 1. The number of hydrogen-bond acceptors (Lipinski definition) is 4. The molecular formula is C17H20N4O4. The fourth-order valence-corrected chi connectivity index (χ4v) is 2.87. The molecule has 3 rings (SSSR count). The molecule has 8 heteroatoms. The van der Waals surface area contributed by atoms with Crippen LogP contribution in [0.4, 0.5) is 0 Å². The zero-order valence-electron chi connectivity index (χ0n) is 13.7. The summed E-state index contributed by atoms with van der Waals surface area (Å²) in [5.41, 5.74) is 1.81. The van der Waals surface area contributed by atoms with Crippen molar-refractivity contribution >= 4 is 28.6 Å². The van der Waals surface area contributed by atoms with Gasteiger partial charge in [0, 0.05) is 23.5 Å². The zero-order chi connectivity index (χ0) is 18.0. The van der Waals surface area contributed by atoms with Gasteiger partial charge in [-0.25, -0.2) is 0 Å². The van der Waals surface area contributed by atoms with Crippen molar-refractivity contribution in [2.24, 2.45) is 0 Å². The van der Waals surface area contributed by atoms with Gasteiger partial charge in [0.2, 0.25) is 17.7 Å². The number of benzene rings is 1. The number of aliphatic hydroxyl groups is 1. The second kappa shape index (κ2) is 6.94. The first-order valence-electron chi connectivity index (χ1n) is 8.06. The summed E-state index contributed by atoms with van der Waals surface area (Å²) in [5.74, 6) is -1.56. The maximum atomic E-state index is 12.5. The molecule has 1 aliphatic heterocycles. The second-order valence-electron chi connectivity index (χ2n) is 6.10. The van der Waals surface area contributed by atoms with Crippen LogP contribution in [0.3, 0.4) is 0 Å². The van der Waals surface area contributed by atoms with E-state index >= 15 is 0 Å². The number of amides is 3. The molecular weight excluding hydrogens is 324 g/mol. The number of rotatable bonds is 3. The summed E-state index contributed by atoms with van der Waals surface area (Å²) < 4.78 is 0. The molecule has 0 radical (unpaired) electrons. The molecule has 1 aliphatic rings. The summed E-state index contributed by atoms with van der Waals surface area (Å²) in [6, 6.07) is 4.91. The smallest absolute Gasteiger partial charge is 0.245 e. The summed E-state index contributed by atoms with van der Waals surface area (Å²) in [6.07, 6.45) is 2.06. The van der Waals surface area contributed by atoms with Crippen LogP contribution in [0, 0.1) is 0 Å². The minimum absolute atomic E-state index is 0.265. The molecule has 0 bridgehead atoms. The Balaban J connectivity index is 1.88. The predicted octanol–water partition coefficient (Wildman–Crippen LogP) is -0.809. The first-order valence-corrected chi connectivity index (χ1v) is 8.06. The number of fused-ring (bicyclic) bond motifs is 1. The van der Waals surface area contributed by atoms with Gasteiger partial charge in [0.05, 0.1) is 6.61 Å². The highest BCUT2D eigenvalue weighted by molar-refractivity contribution is 5.97. The van der Waals surface area contributed by atoms with Crippen molar-refractivity contribution in [3.8, 4) is 0 Å². The Hall–Kier alpha value is -2.87. The van der Waals surface area contributed by atoms with E-state index in [1.807, 2.05) is 24.3 Å². The van der Waals surface area contributed by atoms with Gasteiger partial charge in [0.15, 0.2) is 0 Å². The summed E-state index contributed by atoms with van der Waals surface area (Å²) in [5, 5.41) is 17.9. The highest BCUT2D eigenvalue weighted by Crippen LogP contribution is 2.19. The molecule has 2 aromatic rings. The van der Waals surface area contributed by atoms with Gasteiger partial charge >= 0.3 is 0 Å². The number of aliphatic hydroxyl groups excluding tert-OH is 1. The van der Waals surface area contributed by atoms with Gasteiger partial charge in [-0.1, -0.05) is 18.2 Å². The van der Waals surface area contributed by atoms with E-state index in [0.29, 0.717) is 0 Å². The minimum atomic E-state index is -1.09. The number of carbonyl (C=O) groups excluding carboxylic acids is 3. The van der Waals surface area contributed by atoms with Crippen molar-refractivity contribution in [2.45, 2.75) is 31.5 Å². The number of H-pyrrole nitrogens is 1. The lowest BCUT2D eigenvalue weighted by atomic mass is 10.0. The van der Waals surface area contributed by atoms with Crippen molar-refractivity contribution in [1.82, 2.24) is 20.9 Å². The Morgan fingerprint density at radius 2 is 1.64 bits per heavy atom. The standard InChI is InChI=1S/C17H20N4O4/c1-9-15(23)20-13(16(24)21-14(8-22)17(25)19-9)6-10-7-18-12-5-3-2-4-11(10)12/h2-5,7,9,13-14,18,22H,6,8H2,1H3,(H,19,25)(H,20,23)(H,21,24). The quantitative estimate of drug-likeness (QED) is 0.500. The van der Waals surface area contributed by atoms with Crippen LogP contribution >= 0.6 is 0 Å². The largest absolute Gasteiger partial charge is 0.394 e. The van der Waals surface area contributed by atoms with E-state index in [0.717, 1.165) is 16.5 Å². The molecule has 8 nitrogen and oxygen atoms in total. The van der Waals surface area contributed by atoms with Crippen molar-refractivity contribution < 1.29 is 19.5 Å². The van der Waals surface area contributed by atoms with E-state index in [-0.39, 0.29) is 6.42 Å². The van der Waals surface area contributed by atoms with E-state index in [1.54, 1.807) is 6.20 Å². The van der Waals surface area contributed by atoms with Gasteiger partial charge in [-0.05, 0) is 18.6 Å². The van der Waals surface area contributed by atoms with Crippen LogP contribution in [-0.4, -0.2) is 52.5 Å². The molecule has 3 amide bonds. The molecule has 25 heavy (non-hydrogen) atoms. The van der Waals surface area contributed by atoms with Crippen LogP contribution in [0.25, 0.3) is 10.9 Å². The van der Waals surface area contributed by atoms with E-state index in [1.165, 1.54) is 6.92 Å². The molecule has 1 fully saturated rings. The van der Waals surface area contributed by atoms with Crippen molar-refractivity contribution in [3.05, 3.63) is 36.0 Å². The van der Waals surface area contributed by atoms with Gasteiger partial charge < -0.3 is 26.0 Å². The number of aromatic nitrogens is 1. The molecule has 0 spiro atoms. The van der Waals surface area contributed by atoms with E-state index in [9.17, 15) is 19.5 Å². The summed E-state index contributed by atoms with van der Waals surface area (Å²) in [6.45, 7) is 0.985. The van der Waals surface area contributed by atoms with Crippen LogP contribution < -0.4 is 16.0 Å². The van der Waals surface area contributed by atoms with Crippen LogP contribution in [0.5, 0.6) is 0 Å². The molecule has 1 aromatic heterocycles. The van der Waals surface area contributed by atoms with Crippen molar-refractivity contribution in [1.29, 1.82) is 0 Å². The summed E-state index contributed by atoms with van der Waals surface area (Å²) in [4.78, 5) is 39.9. The first kappa shape index (κ1) is 17.0. The maximum Gasteiger partial charge on any atom is 0.245 e. The van der Waals surface area contributed by atoms with Crippen molar-refractivity contribution in [3.63, 3.8) is 0 Å². The van der Waals surface area contributed by atoms with Gasteiger partial charge in [-0.15, -0.1) is 0 Å². The third-order valence-electron chi connectivity index (χ3n) is 4.30. The van der Waals surface area contributed by atoms with E-state index in [2.05, 4.69) is 20.9 Å².